The topological polar surface area (TPSA) is 119 Å². The Morgan fingerprint density at radius 2 is 1.81 bits per heavy atom. The second-order valence-corrected chi connectivity index (χ2v) is 7.10. The second kappa shape index (κ2) is 9.97. The number of methoxy groups -OCH3 is 1. The molecule has 0 aromatic heterocycles. The molecule has 0 radical (unpaired) electrons. The van der Waals surface area contributed by atoms with Gasteiger partial charge in [0.05, 0.1) is 17.6 Å². The zero-order chi connectivity index (χ0) is 20.6. The molecule has 27 heavy (non-hydrogen) atoms. The summed E-state index contributed by atoms with van der Waals surface area (Å²) < 4.78 is 49.0. The molecule has 9 nitrogen and oxygen atoms in total. The minimum atomic E-state index is -3.90. The van der Waals surface area contributed by atoms with Crippen molar-refractivity contribution in [1.82, 2.24) is 9.62 Å². The summed E-state index contributed by atoms with van der Waals surface area (Å²) >= 11 is 0. The third-order valence-corrected chi connectivity index (χ3v) is 5.54. The van der Waals surface area contributed by atoms with Gasteiger partial charge in [-0.25, -0.2) is 17.6 Å². The molecule has 150 valence electrons. The Labute approximate surface area is 156 Å². The first-order valence-electron chi connectivity index (χ1n) is 7.97. The van der Waals surface area contributed by atoms with Gasteiger partial charge >= 0.3 is 11.9 Å². The van der Waals surface area contributed by atoms with Gasteiger partial charge in [-0.2, -0.15) is 4.31 Å². The van der Waals surface area contributed by atoms with Gasteiger partial charge in [0.1, 0.15) is 12.4 Å². The number of nitrogens with one attached hydrogen (secondary N) is 1. The van der Waals surface area contributed by atoms with Gasteiger partial charge in [-0.05, 0) is 18.2 Å². The van der Waals surface area contributed by atoms with E-state index in [4.69, 9.17) is 0 Å². The Bertz CT molecular complexity index is 807. The highest BCUT2D eigenvalue weighted by Crippen LogP contribution is 2.19. The van der Waals surface area contributed by atoms with Crippen molar-refractivity contribution in [2.75, 3.05) is 33.4 Å². The van der Waals surface area contributed by atoms with Gasteiger partial charge in [-0.1, -0.05) is 13.8 Å². The van der Waals surface area contributed by atoms with E-state index in [0.717, 1.165) is 29.6 Å². The van der Waals surface area contributed by atoms with E-state index < -0.39 is 52.4 Å². The number of rotatable bonds is 9. The van der Waals surface area contributed by atoms with Crippen molar-refractivity contribution in [1.29, 1.82) is 0 Å². The highest BCUT2D eigenvalue weighted by Gasteiger charge is 2.25. The summed E-state index contributed by atoms with van der Waals surface area (Å²) in [6.07, 6.45) is 0. The highest BCUT2D eigenvalue weighted by atomic mass is 32.2. The van der Waals surface area contributed by atoms with Gasteiger partial charge in [0.2, 0.25) is 10.0 Å². The van der Waals surface area contributed by atoms with Gasteiger partial charge < -0.3 is 14.8 Å². The Morgan fingerprint density at radius 1 is 1.19 bits per heavy atom. The number of esters is 2. The number of benzene rings is 1. The van der Waals surface area contributed by atoms with Gasteiger partial charge in [0, 0.05) is 13.1 Å². The SMILES string of the molecule is CCN(CC)S(=O)(=O)c1ccc(F)c(C(=O)OCC(=O)NCC(=O)OC)c1. The van der Waals surface area contributed by atoms with Crippen LogP contribution in [0.25, 0.3) is 0 Å². The van der Waals surface area contributed by atoms with Crippen molar-refractivity contribution in [3.05, 3.63) is 29.6 Å². The maximum absolute atomic E-state index is 13.9. The number of sulfonamides is 1. The minimum absolute atomic E-state index is 0.205. The predicted molar refractivity (Wildman–Crippen MR) is 91.8 cm³/mol. The Balaban J connectivity index is 2.89. The fraction of sp³-hybridized carbons (Fsp3) is 0.438. The molecule has 0 aliphatic carbocycles. The maximum Gasteiger partial charge on any atom is 0.341 e. The fourth-order valence-electron chi connectivity index (χ4n) is 2.04. The molecule has 0 bridgehead atoms. The van der Waals surface area contributed by atoms with Crippen LogP contribution in [-0.2, 0) is 29.1 Å². The number of amides is 1. The van der Waals surface area contributed by atoms with E-state index in [-0.39, 0.29) is 18.0 Å². The lowest BCUT2D eigenvalue weighted by atomic mass is 10.2. The van der Waals surface area contributed by atoms with E-state index in [9.17, 15) is 27.2 Å². The lowest BCUT2D eigenvalue weighted by molar-refractivity contribution is -0.141. The molecule has 0 atom stereocenters. The summed E-state index contributed by atoms with van der Waals surface area (Å²) in [6, 6.07) is 2.74. The van der Waals surface area contributed by atoms with Crippen LogP contribution in [-0.4, -0.2) is 63.9 Å². The van der Waals surface area contributed by atoms with Crippen molar-refractivity contribution >= 4 is 27.9 Å². The summed E-state index contributed by atoms with van der Waals surface area (Å²) in [5.41, 5.74) is -0.621. The quantitative estimate of drug-likeness (QED) is 0.588. The third kappa shape index (κ3) is 6.00. The average molecular weight is 404 g/mol. The predicted octanol–water partition coefficient (Wildman–Crippen LogP) is 0.302. The molecule has 1 N–H and O–H groups in total. The molecule has 0 saturated heterocycles. The van der Waals surface area contributed by atoms with Crippen molar-refractivity contribution < 1.29 is 36.7 Å². The number of hydrogen-bond acceptors (Lipinski definition) is 7. The lowest BCUT2D eigenvalue weighted by Crippen LogP contribution is -2.33. The van der Waals surface area contributed by atoms with Crippen LogP contribution in [0, 0.1) is 5.82 Å². The summed E-state index contributed by atoms with van der Waals surface area (Å²) in [5, 5.41) is 2.13. The molecule has 0 aliphatic heterocycles. The van der Waals surface area contributed by atoms with Crippen LogP contribution in [0.15, 0.2) is 23.1 Å². The van der Waals surface area contributed by atoms with Gasteiger partial charge in [0.15, 0.2) is 6.61 Å². The molecule has 0 unspecified atom stereocenters. The Morgan fingerprint density at radius 3 is 2.37 bits per heavy atom. The molecule has 1 amide bonds. The number of carbonyl (C=O) groups excluding carboxylic acids is 3. The summed E-state index contributed by atoms with van der Waals surface area (Å²) in [6.45, 7) is 2.51. The van der Waals surface area contributed by atoms with Crippen LogP contribution in [0.1, 0.15) is 24.2 Å². The minimum Gasteiger partial charge on any atom is -0.468 e. The normalized spacial score (nSPS) is 11.1. The smallest absolute Gasteiger partial charge is 0.341 e. The Hall–Kier alpha value is -2.53. The zero-order valence-electron chi connectivity index (χ0n) is 15.2. The maximum atomic E-state index is 13.9. The van der Waals surface area contributed by atoms with Crippen LogP contribution in [0.2, 0.25) is 0 Å². The van der Waals surface area contributed by atoms with Crippen LogP contribution in [0.3, 0.4) is 0 Å². The largest absolute Gasteiger partial charge is 0.468 e. The van der Waals surface area contributed by atoms with Gasteiger partial charge in [-0.15, -0.1) is 0 Å². The van der Waals surface area contributed by atoms with Crippen LogP contribution < -0.4 is 5.32 Å². The first kappa shape index (κ1) is 22.5. The fourth-order valence-corrected chi connectivity index (χ4v) is 3.52. The molecule has 1 aromatic carbocycles. The van der Waals surface area contributed by atoms with Crippen molar-refractivity contribution in [2.45, 2.75) is 18.7 Å². The van der Waals surface area contributed by atoms with Crippen molar-refractivity contribution in [3.8, 4) is 0 Å². The number of ether oxygens (including phenoxy) is 2. The molecule has 11 heteroatoms. The first-order valence-corrected chi connectivity index (χ1v) is 9.41. The average Bonchev–Trinajstić information content (AvgIpc) is 2.64. The highest BCUT2D eigenvalue weighted by molar-refractivity contribution is 7.89. The van der Waals surface area contributed by atoms with E-state index in [1.165, 1.54) is 0 Å². The van der Waals surface area contributed by atoms with Crippen LogP contribution in [0.4, 0.5) is 4.39 Å². The molecule has 0 saturated carbocycles. The molecule has 1 aromatic rings. The van der Waals surface area contributed by atoms with E-state index in [1.807, 2.05) is 0 Å². The third-order valence-electron chi connectivity index (χ3n) is 3.49. The second-order valence-electron chi connectivity index (χ2n) is 5.16. The summed E-state index contributed by atoms with van der Waals surface area (Å²) in [7, 11) is -2.76. The van der Waals surface area contributed by atoms with Crippen molar-refractivity contribution in [2.24, 2.45) is 0 Å². The van der Waals surface area contributed by atoms with Gasteiger partial charge in [-0.3, -0.25) is 9.59 Å². The molecular formula is C16H21FN2O7S. The number of nitrogens with zero attached hydrogens (tertiary/aromatic N) is 1. The number of hydrogen-bond donors (Lipinski definition) is 1. The van der Waals surface area contributed by atoms with Gasteiger partial charge in [0.25, 0.3) is 5.91 Å². The standard InChI is InChI=1S/C16H21FN2O7S/c1-4-19(5-2)27(23,24)11-6-7-13(17)12(8-11)16(22)26-10-14(20)18-9-15(21)25-3/h6-8H,4-5,9-10H2,1-3H3,(H,18,20). The molecule has 0 fully saturated rings. The van der Waals surface area contributed by atoms with Crippen LogP contribution in [0.5, 0.6) is 0 Å². The summed E-state index contributed by atoms with van der Waals surface area (Å²) in [4.78, 5) is 34.1. The van der Waals surface area contributed by atoms with Crippen LogP contribution >= 0.6 is 0 Å². The number of carbonyl (C=O) groups is 3. The Kier molecular flexibility index (Phi) is 8.32. The molecule has 1 rings (SSSR count). The summed E-state index contributed by atoms with van der Waals surface area (Å²) in [5.74, 6) is -3.71. The molecular weight excluding hydrogens is 383 g/mol. The van der Waals surface area contributed by atoms with E-state index in [2.05, 4.69) is 14.8 Å². The van der Waals surface area contributed by atoms with Crippen molar-refractivity contribution in [3.63, 3.8) is 0 Å². The van der Waals surface area contributed by atoms with E-state index in [1.54, 1.807) is 13.8 Å². The molecule has 0 heterocycles. The zero-order valence-corrected chi connectivity index (χ0v) is 16.0. The monoisotopic (exact) mass is 404 g/mol. The number of halogens is 1. The lowest BCUT2D eigenvalue weighted by Gasteiger charge is -2.18. The first-order chi connectivity index (χ1) is 12.7. The molecule has 0 aliphatic rings. The molecule has 0 spiro atoms. The van der Waals surface area contributed by atoms with E-state index in [0.29, 0.717) is 0 Å². The van der Waals surface area contributed by atoms with E-state index >= 15 is 0 Å².